The van der Waals surface area contributed by atoms with Crippen molar-refractivity contribution in [2.75, 3.05) is 12.6 Å². The third-order valence-corrected chi connectivity index (χ3v) is 1.28. The van der Waals surface area contributed by atoms with Crippen LogP contribution in [0.15, 0.2) is 24.3 Å². The average molecular weight is 194 g/mol. The Labute approximate surface area is 76.9 Å². The van der Waals surface area contributed by atoms with Crippen LogP contribution in [0.3, 0.4) is 0 Å². The predicted molar refractivity (Wildman–Crippen MR) is 49.3 cm³/mol. The first-order valence-corrected chi connectivity index (χ1v) is 3.25. The summed E-state index contributed by atoms with van der Waals surface area (Å²) < 4.78 is 0. The summed E-state index contributed by atoms with van der Waals surface area (Å²) in [5.41, 5.74) is 3.52. The summed E-state index contributed by atoms with van der Waals surface area (Å²) in [6, 6.07) is 7.31. The highest BCUT2D eigenvalue weighted by atomic mass is 35.5. The SMILES string of the molecule is CONc1cccc(Cl)c1.Cl. The van der Waals surface area contributed by atoms with Gasteiger partial charge in [0.1, 0.15) is 0 Å². The molecule has 0 unspecified atom stereocenters. The quantitative estimate of drug-likeness (QED) is 0.730. The Hall–Kier alpha value is -0.440. The number of nitrogens with one attached hydrogen (secondary N) is 1. The summed E-state index contributed by atoms with van der Waals surface area (Å²) in [5, 5.41) is 0.696. The molecule has 0 atom stereocenters. The van der Waals surface area contributed by atoms with Gasteiger partial charge < -0.3 is 0 Å². The van der Waals surface area contributed by atoms with Crippen LogP contribution in [0.4, 0.5) is 5.69 Å². The van der Waals surface area contributed by atoms with Gasteiger partial charge in [-0.15, -0.1) is 12.4 Å². The van der Waals surface area contributed by atoms with Crippen molar-refractivity contribution in [1.29, 1.82) is 0 Å². The minimum Gasteiger partial charge on any atom is -0.279 e. The third kappa shape index (κ3) is 3.46. The zero-order valence-corrected chi connectivity index (χ0v) is 7.58. The van der Waals surface area contributed by atoms with Crippen LogP contribution < -0.4 is 5.48 Å². The molecule has 0 radical (unpaired) electrons. The maximum Gasteiger partial charge on any atom is 0.0636 e. The molecule has 4 heteroatoms. The fraction of sp³-hybridized carbons (Fsp3) is 0.143. The van der Waals surface area contributed by atoms with Gasteiger partial charge in [-0.05, 0) is 18.2 Å². The molecule has 1 aromatic rings. The van der Waals surface area contributed by atoms with Crippen molar-refractivity contribution in [1.82, 2.24) is 0 Å². The van der Waals surface area contributed by atoms with Gasteiger partial charge in [0.25, 0.3) is 0 Å². The van der Waals surface area contributed by atoms with E-state index in [-0.39, 0.29) is 12.4 Å². The van der Waals surface area contributed by atoms with Crippen LogP contribution in [0.25, 0.3) is 0 Å². The molecule has 0 saturated heterocycles. The summed E-state index contributed by atoms with van der Waals surface area (Å²) in [6.45, 7) is 0. The lowest BCUT2D eigenvalue weighted by molar-refractivity contribution is 0.271. The van der Waals surface area contributed by atoms with Gasteiger partial charge >= 0.3 is 0 Å². The summed E-state index contributed by atoms with van der Waals surface area (Å²) in [5.74, 6) is 0. The van der Waals surface area contributed by atoms with E-state index >= 15 is 0 Å². The van der Waals surface area contributed by atoms with E-state index in [4.69, 9.17) is 11.6 Å². The van der Waals surface area contributed by atoms with E-state index in [2.05, 4.69) is 10.3 Å². The summed E-state index contributed by atoms with van der Waals surface area (Å²) in [6.07, 6.45) is 0. The molecule has 0 bridgehead atoms. The molecule has 1 rings (SSSR count). The molecule has 0 spiro atoms. The monoisotopic (exact) mass is 193 g/mol. The van der Waals surface area contributed by atoms with Crippen molar-refractivity contribution >= 4 is 29.7 Å². The zero-order chi connectivity index (χ0) is 7.40. The molecular formula is C7H9Cl2NO. The van der Waals surface area contributed by atoms with Crippen molar-refractivity contribution in [3.63, 3.8) is 0 Å². The summed E-state index contributed by atoms with van der Waals surface area (Å²) in [4.78, 5) is 4.67. The average Bonchev–Trinajstić information content (AvgIpc) is 1.88. The van der Waals surface area contributed by atoms with Gasteiger partial charge in [0.05, 0.1) is 12.8 Å². The van der Waals surface area contributed by atoms with Crippen LogP contribution in [-0.2, 0) is 4.84 Å². The molecule has 0 fully saturated rings. The Morgan fingerprint density at radius 3 is 2.73 bits per heavy atom. The van der Waals surface area contributed by atoms with Crippen molar-refractivity contribution in [2.24, 2.45) is 0 Å². The highest BCUT2D eigenvalue weighted by Gasteiger charge is 1.89. The number of hydrogen-bond acceptors (Lipinski definition) is 2. The Morgan fingerprint density at radius 1 is 1.45 bits per heavy atom. The zero-order valence-electron chi connectivity index (χ0n) is 6.00. The number of rotatable bonds is 2. The van der Waals surface area contributed by atoms with Crippen molar-refractivity contribution in [3.05, 3.63) is 29.3 Å². The third-order valence-electron chi connectivity index (χ3n) is 1.04. The second kappa shape index (κ2) is 5.24. The van der Waals surface area contributed by atoms with Crippen molar-refractivity contribution in [2.45, 2.75) is 0 Å². The molecule has 2 nitrogen and oxygen atoms in total. The molecule has 11 heavy (non-hydrogen) atoms. The van der Waals surface area contributed by atoms with Gasteiger partial charge in [-0.1, -0.05) is 17.7 Å². The maximum absolute atomic E-state index is 5.69. The first-order chi connectivity index (χ1) is 4.83. The van der Waals surface area contributed by atoms with E-state index in [1.165, 1.54) is 0 Å². The van der Waals surface area contributed by atoms with Gasteiger partial charge in [0.2, 0.25) is 0 Å². The Kier molecular flexibility index (Phi) is 5.03. The summed E-state index contributed by atoms with van der Waals surface area (Å²) in [7, 11) is 1.56. The van der Waals surface area contributed by atoms with Crippen LogP contribution in [0, 0.1) is 0 Å². The first kappa shape index (κ1) is 10.6. The second-order valence-electron chi connectivity index (χ2n) is 1.82. The van der Waals surface area contributed by atoms with Crippen LogP contribution >= 0.6 is 24.0 Å². The topological polar surface area (TPSA) is 21.3 Å². The minimum atomic E-state index is 0. The molecule has 1 aromatic carbocycles. The molecule has 0 saturated carbocycles. The highest BCUT2D eigenvalue weighted by molar-refractivity contribution is 6.30. The van der Waals surface area contributed by atoms with Crippen LogP contribution in [0.2, 0.25) is 5.02 Å². The Morgan fingerprint density at radius 2 is 2.18 bits per heavy atom. The van der Waals surface area contributed by atoms with E-state index in [1.807, 2.05) is 18.2 Å². The smallest absolute Gasteiger partial charge is 0.0636 e. The normalized spacial score (nSPS) is 8.55. The van der Waals surface area contributed by atoms with E-state index < -0.39 is 0 Å². The van der Waals surface area contributed by atoms with E-state index in [9.17, 15) is 0 Å². The highest BCUT2D eigenvalue weighted by Crippen LogP contribution is 2.14. The van der Waals surface area contributed by atoms with Crippen LogP contribution in [-0.4, -0.2) is 7.11 Å². The van der Waals surface area contributed by atoms with Crippen LogP contribution in [0.5, 0.6) is 0 Å². The molecule has 1 N–H and O–H groups in total. The lowest BCUT2D eigenvalue weighted by Crippen LogP contribution is -1.94. The molecular weight excluding hydrogens is 185 g/mol. The lowest BCUT2D eigenvalue weighted by atomic mass is 10.3. The van der Waals surface area contributed by atoms with Gasteiger partial charge in [-0.3, -0.25) is 10.3 Å². The molecule has 0 heterocycles. The lowest BCUT2D eigenvalue weighted by Gasteiger charge is -2.01. The number of halogens is 2. The minimum absolute atomic E-state index is 0. The summed E-state index contributed by atoms with van der Waals surface area (Å²) >= 11 is 5.69. The number of anilines is 1. The van der Waals surface area contributed by atoms with Gasteiger partial charge in [0.15, 0.2) is 0 Å². The number of hydrogen-bond donors (Lipinski definition) is 1. The van der Waals surface area contributed by atoms with E-state index in [0.717, 1.165) is 5.69 Å². The fourth-order valence-electron chi connectivity index (χ4n) is 0.670. The van der Waals surface area contributed by atoms with Gasteiger partial charge in [0, 0.05) is 5.02 Å². The molecule has 0 aromatic heterocycles. The first-order valence-electron chi connectivity index (χ1n) is 2.87. The molecule has 0 amide bonds. The predicted octanol–water partition coefficient (Wildman–Crippen LogP) is 2.74. The molecule has 0 aliphatic carbocycles. The number of benzene rings is 1. The fourth-order valence-corrected chi connectivity index (χ4v) is 0.860. The Balaban J connectivity index is 0.000001000. The maximum atomic E-state index is 5.69. The Bertz CT molecular complexity index is 217. The van der Waals surface area contributed by atoms with Gasteiger partial charge in [-0.2, -0.15) is 0 Å². The van der Waals surface area contributed by atoms with Crippen molar-refractivity contribution in [3.8, 4) is 0 Å². The van der Waals surface area contributed by atoms with E-state index in [0.29, 0.717) is 5.02 Å². The largest absolute Gasteiger partial charge is 0.279 e. The molecule has 0 aliphatic heterocycles. The second-order valence-corrected chi connectivity index (χ2v) is 2.25. The van der Waals surface area contributed by atoms with Gasteiger partial charge in [-0.25, -0.2) is 0 Å². The molecule has 0 aliphatic rings. The standard InChI is InChI=1S/C7H8ClNO.ClH/c1-10-9-7-4-2-3-6(8)5-7;/h2-5,9H,1H3;1H. The van der Waals surface area contributed by atoms with E-state index in [1.54, 1.807) is 13.2 Å². The van der Waals surface area contributed by atoms with Crippen molar-refractivity contribution < 1.29 is 4.84 Å². The molecule has 62 valence electrons. The van der Waals surface area contributed by atoms with Crippen LogP contribution in [0.1, 0.15) is 0 Å².